The molecular weight excluding hydrogens is 535 g/mol. The van der Waals surface area contributed by atoms with Gasteiger partial charge in [0.25, 0.3) is 5.91 Å². The van der Waals surface area contributed by atoms with E-state index < -0.39 is 27.4 Å². The Balaban J connectivity index is 1.58. The molecule has 184 valence electrons. The molecule has 3 aromatic carbocycles. The molecule has 0 saturated carbocycles. The van der Waals surface area contributed by atoms with E-state index in [1.54, 1.807) is 0 Å². The van der Waals surface area contributed by atoms with Gasteiger partial charge >= 0.3 is 0 Å². The fourth-order valence-electron chi connectivity index (χ4n) is 3.47. The van der Waals surface area contributed by atoms with Crippen molar-refractivity contribution in [2.24, 2.45) is 0 Å². The third-order valence-electron chi connectivity index (χ3n) is 5.09. The highest BCUT2D eigenvalue weighted by atomic mass is 35.5. The summed E-state index contributed by atoms with van der Waals surface area (Å²) in [5.74, 6) is -2.54. The molecule has 0 saturated heterocycles. The van der Waals surface area contributed by atoms with Crippen molar-refractivity contribution in [3.63, 3.8) is 0 Å². The summed E-state index contributed by atoms with van der Waals surface area (Å²) >= 11 is 12.1. The Bertz CT molecular complexity index is 1680. The number of nitriles is 1. The number of rotatable bonds is 6. The molecule has 0 fully saturated rings. The number of halogens is 4. The summed E-state index contributed by atoms with van der Waals surface area (Å²) in [5.41, 5.74) is 0.268. The van der Waals surface area contributed by atoms with Crippen molar-refractivity contribution in [2.75, 3.05) is 6.26 Å². The molecule has 0 aliphatic heterocycles. The van der Waals surface area contributed by atoms with Crippen LogP contribution in [0.2, 0.25) is 10.0 Å². The number of hydrogen-bond donors (Lipinski definition) is 2. The fourth-order valence-corrected chi connectivity index (χ4v) is 4.74. The number of carbonyl (C=O) groups excluding carboxylic acids is 1. The van der Waals surface area contributed by atoms with Crippen LogP contribution in [0.5, 0.6) is 11.5 Å². The monoisotopic (exact) mass is 549 g/mol. The summed E-state index contributed by atoms with van der Waals surface area (Å²) in [5, 5.41) is 11.9. The van der Waals surface area contributed by atoms with Crippen LogP contribution in [0.4, 0.5) is 8.78 Å². The molecule has 7 nitrogen and oxygen atoms in total. The van der Waals surface area contributed by atoms with Gasteiger partial charge in [0.2, 0.25) is 0 Å². The van der Waals surface area contributed by atoms with Gasteiger partial charge in [-0.15, -0.1) is 0 Å². The van der Waals surface area contributed by atoms with Crippen LogP contribution < -0.4 is 10.1 Å². The Labute approximate surface area is 214 Å². The predicted octanol–water partition coefficient (Wildman–Crippen LogP) is 5.75. The molecule has 0 radical (unpaired) electrons. The Morgan fingerprint density at radius 1 is 1.14 bits per heavy atom. The van der Waals surface area contributed by atoms with Crippen LogP contribution in [-0.2, 0) is 16.4 Å². The van der Waals surface area contributed by atoms with Gasteiger partial charge in [-0.1, -0.05) is 29.3 Å². The standard InChI is InChI=1S/C24H15Cl2F2N3O4S/c1-36(33,34)20-9-16(27)6-14-7-19(31-22(14)20)24(32)30-11-13-2-3-18(26)23(21(13)28)35-17-5-12(10-29)4-15(25)8-17/h2-9,31H,11H2,1H3,(H,30,32). The number of nitrogens with zero attached hydrogens (tertiary/aromatic N) is 1. The first kappa shape index (κ1) is 25.4. The summed E-state index contributed by atoms with van der Waals surface area (Å²) in [6.45, 7) is -0.278. The minimum absolute atomic E-state index is 0.0317. The maximum atomic E-state index is 15.2. The molecule has 36 heavy (non-hydrogen) atoms. The molecule has 12 heteroatoms. The number of fused-ring (bicyclic) bond motifs is 1. The third kappa shape index (κ3) is 5.28. The van der Waals surface area contributed by atoms with Crippen molar-refractivity contribution in [1.82, 2.24) is 10.3 Å². The van der Waals surface area contributed by atoms with E-state index >= 15 is 4.39 Å². The number of hydrogen-bond acceptors (Lipinski definition) is 5. The number of carbonyl (C=O) groups is 1. The highest BCUT2D eigenvalue weighted by Gasteiger charge is 2.20. The third-order valence-corrected chi connectivity index (χ3v) is 6.73. The quantitative estimate of drug-likeness (QED) is 0.318. The number of amides is 1. The molecule has 0 bridgehead atoms. The van der Waals surface area contributed by atoms with E-state index in [4.69, 9.17) is 33.2 Å². The average Bonchev–Trinajstić information content (AvgIpc) is 3.23. The van der Waals surface area contributed by atoms with E-state index in [9.17, 15) is 17.6 Å². The van der Waals surface area contributed by atoms with E-state index in [1.807, 2.05) is 6.07 Å². The highest BCUT2D eigenvalue weighted by molar-refractivity contribution is 7.91. The van der Waals surface area contributed by atoms with Gasteiger partial charge < -0.3 is 15.0 Å². The molecule has 0 spiro atoms. The lowest BCUT2D eigenvalue weighted by atomic mass is 10.2. The molecule has 2 N–H and O–H groups in total. The van der Waals surface area contributed by atoms with Crippen LogP contribution >= 0.6 is 23.2 Å². The largest absolute Gasteiger partial charge is 0.453 e. The van der Waals surface area contributed by atoms with Crippen molar-refractivity contribution in [3.05, 3.63) is 87.0 Å². The number of H-pyrrole nitrogens is 1. The number of sulfone groups is 1. The minimum atomic E-state index is -3.77. The summed E-state index contributed by atoms with van der Waals surface area (Å²) in [6.07, 6.45) is 0.926. The van der Waals surface area contributed by atoms with Crippen LogP contribution in [-0.4, -0.2) is 25.6 Å². The SMILES string of the molecule is CS(=O)(=O)c1cc(F)cc2cc(C(=O)NCc3ccc(Cl)c(Oc4cc(Cl)cc(C#N)c4)c3F)[nH]c12. The summed E-state index contributed by atoms with van der Waals surface area (Å²) in [6, 6.07) is 12.0. The Morgan fingerprint density at radius 2 is 1.89 bits per heavy atom. The van der Waals surface area contributed by atoms with Crippen LogP contribution in [0.1, 0.15) is 21.6 Å². The topological polar surface area (TPSA) is 112 Å². The van der Waals surface area contributed by atoms with Crippen molar-refractivity contribution < 1.29 is 26.7 Å². The molecule has 0 unspecified atom stereocenters. The van der Waals surface area contributed by atoms with E-state index in [0.717, 1.165) is 18.4 Å². The number of aromatic nitrogens is 1. The van der Waals surface area contributed by atoms with Crippen molar-refractivity contribution >= 4 is 49.8 Å². The lowest BCUT2D eigenvalue weighted by molar-refractivity contribution is 0.0946. The van der Waals surface area contributed by atoms with Gasteiger partial charge in [0.1, 0.15) is 17.3 Å². The first-order valence-electron chi connectivity index (χ1n) is 10.1. The van der Waals surface area contributed by atoms with E-state index in [1.165, 1.54) is 36.4 Å². The molecule has 1 aromatic heterocycles. The molecule has 1 heterocycles. The maximum absolute atomic E-state index is 15.2. The van der Waals surface area contributed by atoms with Crippen LogP contribution in [0.25, 0.3) is 10.9 Å². The molecular formula is C24H15Cl2F2N3O4S. The van der Waals surface area contributed by atoms with Gasteiger partial charge in [-0.05, 0) is 42.5 Å². The van der Waals surface area contributed by atoms with Crippen LogP contribution in [0, 0.1) is 23.0 Å². The lowest BCUT2D eigenvalue weighted by Crippen LogP contribution is -2.23. The molecule has 4 rings (SSSR count). The van der Waals surface area contributed by atoms with E-state index in [2.05, 4.69) is 10.3 Å². The van der Waals surface area contributed by atoms with Gasteiger partial charge in [0.05, 0.1) is 27.1 Å². The van der Waals surface area contributed by atoms with Gasteiger partial charge in [0, 0.05) is 28.8 Å². The second-order valence-corrected chi connectivity index (χ2v) is 10.6. The molecule has 1 amide bonds. The fraction of sp³-hybridized carbons (Fsp3) is 0.0833. The average molecular weight is 550 g/mol. The highest BCUT2D eigenvalue weighted by Crippen LogP contribution is 2.35. The predicted molar refractivity (Wildman–Crippen MR) is 130 cm³/mol. The van der Waals surface area contributed by atoms with Crippen molar-refractivity contribution in [3.8, 4) is 17.6 Å². The van der Waals surface area contributed by atoms with Crippen molar-refractivity contribution in [1.29, 1.82) is 5.26 Å². The van der Waals surface area contributed by atoms with Gasteiger partial charge in [-0.3, -0.25) is 4.79 Å². The summed E-state index contributed by atoms with van der Waals surface area (Å²) < 4.78 is 58.6. The van der Waals surface area contributed by atoms with E-state index in [0.29, 0.717) is 0 Å². The summed E-state index contributed by atoms with van der Waals surface area (Å²) in [7, 11) is -3.77. The number of aromatic amines is 1. The Kier molecular flexibility index (Phi) is 6.91. The molecule has 0 aliphatic carbocycles. The smallest absolute Gasteiger partial charge is 0.267 e. The van der Waals surface area contributed by atoms with Gasteiger partial charge in [-0.25, -0.2) is 17.2 Å². The number of nitrogens with one attached hydrogen (secondary N) is 2. The van der Waals surface area contributed by atoms with E-state index in [-0.39, 0.29) is 60.7 Å². The Hall–Kier alpha value is -3.65. The second kappa shape index (κ2) is 9.78. The molecule has 4 aromatic rings. The molecule has 0 aliphatic rings. The van der Waals surface area contributed by atoms with Gasteiger partial charge in [0.15, 0.2) is 21.4 Å². The minimum Gasteiger partial charge on any atom is -0.453 e. The van der Waals surface area contributed by atoms with Crippen LogP contribution in [0.3, 0.4) is 0 Å². The zero-order valence-electron chi connectivity index (χ0n) is 18.3. The first-order valence-corrected chi connectivity index (χ1v) is 12.8. The Morgan fingerprint density at radius 3 is 2.58 bits per heavy atom. The zero-order valence-corrected chi connectivity index (χ0v) is 20.7. The summed E-state index contributed by atoms with van der Waals surface area (Å²) in [4.78, 5) is 15.1. The zero-order chi connectivity index (χ0) is 26.2. The maximum Gasteiger partial charge on any atom is 0.267 e. The normalized spacial score (nSPS) is 11.3. The second-order valence-electron chi connectivity index (χ2n) is 7.75. The number of ether oxygens (including phenoxy) is 1. The lowest BCUT2D eigenvalue weighted by Gasteiger charge is -2.13. The number of benzene rings is 3. The first-order chi connectivity index (χ1) is 17.0. The molecule has 0 atom stereocenters. The van der Waals surface area contributed by atoms with Crippen LogP contribution in [0.15, 0.2) is 53.4 Å². The van der Waals surface area contributed by atoms with Crippen molar-refractivity contribution in [2.45, 2.75) is 11.4 Å². The van der Waals surface area contributed by atoms with Gasteiger partial charge in [-0.2, -0.15) is 5.26 Å².